The molecule has 2 rings (SSSR count). The molecule has 0 unspecified atom stereocenters. The van der Waals surface area contributed by atoms with Crippen LogP contribution in [0.5, 0.6) is 5.75 Å². The standard InChI is InChI=1S/C17H23FN4O2/c1-5-23-15-7-6-13(8-14(15)18)9-20-17(19-4)21-10-16-22-11(2)12(3)24-16/h6-8H,5,9-10H2,1-4H3,(H2,19,20,21). The first-order valence-electron chi connectivity index (χ1n) is 7.82. The fourth-order valence-electron chi connectivity index (χ4n) is 2.11. The van der Waals surface area contributed by atoms with Gasteiger partial charge in [-0.2, -0.15) is 0 Å². The van der Waals surface area contributed by atoms with E-state index in [1.165, 1.54) is 6.07 Å². The minimum atomic E-state index is -0.371. The second-order valence-electron chi connectivity index (χ2n) is 5.23. The summed E-state index contributed by atoms with van der Waals surface area (Å²) in [6.45, 7) is 6.89. The summed E-state index contributed by atoms with van der Waals surface area (Å²) in [6, 6.07) is 4.89. The van der Waals surface area contributed by atoms with Crippen molar-refractivity contribution in [1.29, 1.82) is 0 Å². The van der Waals surface area contributed by atoms with E-state index in [1.807, 2.05) is 26.8 Å². The van der Waals surface area contributed by atoms with E-state index >= 15 is 0 Å². The zero-order valence-electron chi connectivity index (χ0n) is 14.4. The number of nitrogens with one attached hydrogen (secondary N) is 2. The molecule has 130 valence electrons. The lowest BCUT2D eigenvalue weighted by atomic mass is 10.2. The largest absolute Gasteiger partial charge is 0.491 e. The van der Waals surface area contributed by atoms with Gasteiger partial charge in [-0.3, -0.25) is 4.99 Å². The fourth-order valence-corrected chi connectivity index (χ4v) is 2.11. The van der Waals surface area contributed by atoms with Crippen molar-refractivity contribution in [2.24, 2.45) is 4.99 Å². The van der Waals surface area contributed by atoms with E-state index in [-0.39, 0.29) is 11.6 Å². The second kappa shape index (κ2) is 8.33. The van der Waals surface area contributed by atoms with Crippen LogP contribution < -0.4 is 15.4 Å². The van der Waals surface area contributed by atoms with Crippen molar-refractivity contribution in [2.75, 3.05) is 13.7 Å². The van der Waals surface area contributed by atoms with E-state index < -0.39 is 0 Å². The third kappa shape index (κ3) is 4.71. The van der Waals surface area contributed by atoms with Gasteiger partial charge < -0.3 is 19.8 Å². The highest BCUT2D eigenvalue weighted by molar-refractivity contribution is 5.79. The van der Waals surface area contributed by atoms with E-state index in [4.69, 9.17) is 9.15 Å². The van der Waals surface area contributed by atoms with Crippen molar-refractivity contribution < 1.29 is 13.5 Å². The second-order valence-corrected chi connectivity index (χ2v) is 5.23. The van der Waals surface area contributed by atoms with Gasteiger partial charge >= 0.3 is 0 Å². The van der Waals surface area contributed by atoms with Crippen LogP contribution in [0.4, 0.5) is 4.39 Å². The topological polar surface area (TPSA) is 71.7 Å². The number of benzene rings is 1. The van der Waals surface area contributed by atoms with Crippen molar-refractivity contribution in [3.63, 3.8) is 0 Å². The maximum atomic E-state index is 13.8. The van der Waals surface area contributed by atoms with Crippen molar-refractivity contribution in [2.45, 2.75) is 33.9 Å². The number of rotatable bonds is 6. The Bertz CT molecular complexity index is 693. The average Bonchev–Trinajstić information content (AvgIpc) is 2.88. The van der Waals surface area contributed by atoms with Crippen LogP contribution in [0.2, 0.25) is 0 Å². The summed E-state index contributed by atoms with van der Waals surface area (Å²) < 4.78 is 24.5. The highest BCUT2D eigenvalue weighted by Crippen LogP contribution is 2.18. The highest BCUT2D eigenvalue weighted by Gasteiger charge is 2.07. The lowest BCUT2D eigenvalue weighted by Gasteiger charge is -2.11. The molecule has 0 radical (unpaired) electrons. The Kier molecular flexibility index (Phi) is 6.17. The first kappa shape index (κ1) is 17.8. The van der Waals surface area contributed by atoms with Crippen molar-refractivity contribution in [3.8, 4) is 5.75 Å². The third-order valence-corrected chi connectivity index (χ3v) is 3.46. The smallest absolute Gasteiger partial charge is 0.214 e. The summed E-state index contributed by atoms with van der Waals surface area (Å²) in [5.41, 5.74) is 1.67. The van der Waals surface area contributed by atoms with Crippen LogP contribution in [0, 0.1) is 19.7 Å². The fraction of sp³-hybridized carbons (Fsp3) is 0.412. The molecule has 24 heavy (non-hydrogen) atoms. The van der Waals surface area contributed by atoms with E-state index in [0.717, 1.165) is 17.0 Å². The van der Waals surface area contributed by atoms with Gasteiger partial charge in [-0.15, -0.1) is 0 Å². The Morgan fingerprint density at radius 3 is 2.62 bits per heavy atom. The van der Waals surface area contributed by atoms with Gasteiger partial charge in [0, 0.05) is 13.6 Å². The van der Waals surface area contributed by atoms with Gasteiger partial charge in [-0.25, -0.2) is 9.37 Å². The lowest BCUT2D eigenvalue weighted by Crippen LogP contribution is -2.36. The van der Waals surface area contributed by atoms with Crippen LogP contribution in [-0.4, -0.2) is 24.6 Å². The molecule has 0 saturated heterocycles. The lowest BCUT2D eigenvalue weighted by molar-refractivity contribution is 0.321. The van der Waals surface area contributed by atoms with Crippen LogP contribution in [-0.2, 0) is 13.1 Å². The molecule has 2 aromatic rings. The molecule has 7 heteroatoms. The van der Waals surface area contributed by atoms with Crippen molar-refractivity contribution in [3.05, 3.63) is 46.9 Å². The summed E-state index contributed by atoms with van der Waals surface area (Å²) in [7, 11) is 1.67. The summed E-state index contributed by atoms with van der Waals surface area (Å²) in [4.78, 5) is 8.42. The third-order valence-electron chi connectivity index (χ3n) is 3.46. The van der Waals surface area contributed by atoms with Crippen LogP contribution in [0.3, 0.4) is 0 Å². The quantitative estimate of drug-likeness (QED) is 0.628. The number of hydrogen-bond acceptors (Lipinski definition) is 4. The van der Waals surface area contributed by atoms with Crippen LogP contribution in [0.1, 0.15) is 29.8 Å². The zero-order chi connectivity index (χ0) is 17.5. The first-order chi connectivity index (χ1) is 11.5. The maximum absolute atomic E-state index is 13.8. The summed E-state index contributed by atoms with van der Waals surface area (Å²) in [5, 5.41) is 6.23. The van der Waals surface area contributed by atoms with Crippen LogP contribution >= 0.6 is 0 Å². The van der Waals surface area contributed by atoms with Gasteiger partial charge in [0.2, 0.25) is 5.89 Å². The van der Waals surface area contributed by atoms with Crippen molar-refractivity contribution in [1.82, 2.24) is 15.6 Å². The molecule has 0 spiro atoms. The number of ether oxygens (including phenoxy) is 1. The Morgan fingerprint density at radius 1 is 1.29 bits per heavy atom. The number of guanidine groups is 1. The molecular weight excluding hydrogens is 311 g/mol. The minimum absolute atomic E-state index is 0.262. The number of halogens is 1. The number of nitrogens with zero attached hydrogens (tertiary/aromatic N) is 2. The molecule has 0 saturated carbocycles. The Balaban J connectivity index is 1.88. The Labute approximate surface area is 141 Å². The number of aryl methyl sites for hydroxylation is 2. The molecule has 1 heterocycles. The zero-order valence-corrected chi connectivity index (χ0v) is 14.4. The van der Waals surface area contributed by atoms with E-state index in [2.05, 4.69) is 20.6 Å². The number of hydrogen-bond donors (Lipinski definition) is 2. The number of aliphatic imine (C=N–C) groups is 1. The molecule has 1 aromatic heterocycles. The van der Waals surface area contributed by atoms with Gasteiger partial charge in [0.1, 0.15) is 5.76 Å². The van der Waals surface area contributed by atoms with E-state index in [1.54, 1.807) is 13.1 Å². The first-order valence-corrected chi connectivity index (χ1v) is 7.82. The molecule has 0 aliphatic carbocycles. The number of oxazole rings is 1. The summed E-state index contributed by atoms with van der Waals surface area (Å²) in [5.74, 6) is 1.88. The molecule has 0 bridgehead atoms. The molecule has 0 atom stereocenters. The highest BCUT2D eigenvalue weighted by atomic mass is 19.1. The van der Waals surface area contributed by atoms with Gasteiger partial charge in [0.05, 0.1) is 18.8 Å². The monoisotopic (exact) mass is 334 g/mol. The van der Waals surface area contributed by atoms with Gasteiger partial charge in [0.15, 0.2) is 17.5 Å². The number of aromatic nitrogens is 1. The minimum Gasteiger partial charge on any atom is -0.491 e. The molecule has 2 N–H and O–H groups in total. The molecule has 1 aromatic carbocycles. The van der Waals surface area contributed by atoms with E-state index in [0.29, 0.717) is 31.5 Å². The van der Waals surface area contributed by atoms with Gasteiger partial charge in [-0.1, -0.05) is 6.07 Å². The van der Waals surface area contributed by atoms with Crippen molar-refractivity contribution >= 4 is 5.96 Å². The molecule has 6 nitrogen and oxygen atoms in total. The molecule has 0 aliphatic rings. The Morgan fingerprint density at radius 2 is 2.04 bits per heavy atom. The average molecular weight is 334 g/mol. The Hall–Kier alpha value is -2.57. The predicted molar refractivity (Wildman–Crippen MR) is 90.6 cm³/mol. The summed E-state index contributed by atoms with van der Waals surface area (Å²) >= 11 is 0. The summed E-state index contributed by atoms with van der Waals surface area (Å²) in [6.07, 6.45) is 0. The molecule has 0 amide bonds. The molecular formula is C17H23FN4O2. The maximum Gasteiger partial charge on any atom is 0.214 e. The van der Waals surface area contributed by atoms with Gasteiger partial charge in [0.25, 0.3) is 0 Å². The van der Waals surface area contributed by atoms with Crippen LogP contribution in [0.25, 0.3) is 0 Å². The normalized spacial score (nSPS) is 11.5. The molecule has 0 aliphatic heterocycles. The molecule has 0 fully saturated rings. The van der Waals surface area contributed by atoms with Crippen LogP contribution in [0.15, 0.2) is 27.6 Å². The van der Waals surface area contributed by atoms with E-state index in [9.17, 15) is 4.39 Å². The SMILES string of the molecule is CCOc1ccc(CNC(=NC)NCc2nc(C)c(C)o2)cc1F. The van der Waals surface area contributed by atoms with Gasteiger partial charge in [-0.05, 0) is 38.5 Å². The predicted octanol–water partition coefficient (Wildman–Crippen LogP) is 2.69.